The molecule has 24 heteroatoms. The van der Waals surface area contributed by atoms with E-state index in [9.17, 15) is 53.1 Å². The van der Waals surface area contributed by atoms with Crippen LogP contribution in [0.4, 0.5) is 0 Å². The third-order valence-corrected chi connectivity index (χ3v) is 13.6. The average Bonchev–Trinajstić information content (AvgIpc) is 3.38. The van der Waals surface area contributed by atoms with Crippen molar-refractivity contribution in [2.75, 3.05) is 26.2 Å². The van der Waals surface area contributed by atoms with Crippen molar-refractivity contribution in [1.82, 2.24) is 47.9 Å². The minimum absolute atomic E-state index is 0.0541. The summed E-state index contributed by atoms with van der Waals surface area (Å²) in [6.45, 7) is 16.4. The van der Waals surface area contributed by atoms with Crippen LogP contribution in [0.2, 0.25) is 0 Å². The van der Waals surface area contributed by atoms with E-state index in [0.29, 0.717) is 18.4 Å². The van der Waals surface area contributed by atoms with Gasteiger partial charge in [0.2, 0.25) is 53.2 Å². The predicted molar refractivity (Wildman–Crippen MR) is 293 cm³/mol. The number of carbonyl (C=O) groups is 10. The van der Waals surface area contributed by atoms with Gasteiger partial charge in [-0.3, -0.25) is 43.2 Å². The van der Waals surface area contributed by atoms with Crippen LogP contribution < -0.4 is 65.1 Å². The topological polar surface area (TPSA) is 386 Å². The Hall–Kier alpha value is -6.24. The molecular weight excluding hydrogens is 1010 g/mol. The average molecular weight is 1100 g/mol. The molecule has 24 nitrogen and oxygen atoms in total. The minimum Gasteiger partial charge on any atom is -0.460 e. The van der Waals surface area contributed by atoms with Crippen molar-refractivity contribution in [3.8, 4) is 0 Å². The van der Waals surface area contributed by atoms with Crippen molar-refractivity contribution in [3.63, 3.8) is 0 Å². The number of esters is 1. The van der Waals surface area contributed by atoms with Crippen molar-refractivity contribution >= 4 is 59.1 Å². The highest BCUT2D eigenvalue weighted by Crippen LogP contribution is 2.18. The van der Waals surface area contributed by atoms with Crippen molar-refractivity contribution in [2.24, 2.45) is 46.8 Å². The molecule has 0 bridgehead atoms. The molecule has 0 aliphatic carbocycles. The van der Waals surface area contributed by atoms with Gasteiger partial charge < -0.3 is 74.9 Å². The van der Waals surface area contributed by atoms with Crippen molar-refractivity contribution in [2.45, 2.75) is 188 Å². The Balaban J connectivity index is 2.82. The largest absolute Gasteiger partial charge is 0.460 e. The number of rotatable bonds is 18. The Morgan fingerprint density at radius 3 is 1.33 bits per heavy atom. The summed E-state index contributed by atoms with van der Waals surface area (Å²) in [4.78, 5) is 141. The number of amides is 9. The fourth-order valence-corrected chi connectivity index (χ4v) is 8.60. The molecule has 2 rings (SSSR count). The maximum absolute atomic E-state index is 14.5. The molecule has 0 aromatic heterocycles. The summed E-state index contributed by atoms with van der Waals surface area (Å²) in [6, 6.07) is -3.27. The van der Waals surface area contributed by atoms with Crippen LogP contribution in [-0.2, 0) is 59.1 Å². The first-order chi connectivity index (χ1) is 36.8. The lowest BCUT2D eigenvalue weighted by molar-refractivity contribution is -0.158. The molecule has 1 heterocycles. The van der Waals surface area contributed by atoms with Crippen LogP contribution in [0.25, 0.3) is 0 Å². The lowest BCUT2D eigenvalue weighted by Gasteiger charge is -2.30. The molecule has 0 unspecified atom stereocenters. The monoisotopic (exact) mass is 1100 g/mol. The molecule has 12 atom stereocenters. The lowest BCUT2D eigenvalue weighted by atomic mass is 9.96. The van der Waals surface area contributed by atoms with E-state index in [1.54, 1.807) is 85.7 Å². The van der Waals surface area contributed by atoms with Crippen LogP contribution >= 0.6 is 0 Å². The van der Waals surface area contributed by atoms with E-state index < -0.39 is 150 Å². The number of ether oxygens (including phenoxy) is 1. The number of hydrogen-bond donors (Lipinski definition) is 13. The fourth-order valence-electron chi connectivity index (χ4n) is 8.60. The summed E-state index contributed by atoms with van der Waals surface area (Å²) < 4.78 is 5.78. The quantitative estimate of drug-likeness (QED) is 0.0767. The van der Waals surface area contributed by atoms with Gasteiger partial charge in [-0.1, -0.05) is 112 Å². The molecule has 78 heavy (non-hydrogen) atoms. The van der Waals surface area contributed by atoms with Gasteiger partial charge in [0.15, 0.2) is 6.04 Å². The van der Waals surface area contributed by atoms with Gasteiger partial charge in [0.1, 0.15) is 54.4 Å². The number of carbonyl (C=O) groups excluding carboxylic acids is 10. The molecule has 440 valence electrons. The summed E-state index contributed by atoms with van der Waals surface area (Å²) in [6.07, 6.45) is -0.988. The Kier molecular flexibility index (Phi) is 30.1. The van der Waals surface area contributed by atoms with Gasteiger partial charge in [0.05, 0.1) is 13.0 Å². The normalized spacial score (nSPS) is 26.6. The first kappa shape index (κ1) is 67.9. The van der Waals surface area contributed by atoms with Crippen LogP contribution in [0.1, 0.15) is 126 Å². The summed E-state index contributed by atoms with van der Waals surface area (Å²) in [5.41, 5.74) is 18.5. The number of hydrogen-bond acceptors (Lipinski definition) is 15. The van der Waals surface area contributed by atoms with Gasteiger partial charge in [-0.25, -0.2) is 4.79 Å². The number of cyclic esters (lactones) is 1. The second-order valence-corrected chi connectivity index (χ2v) is 21.5. The Morgan fingerprint density at radius 1 is 0.487 bits per heavy atom. The molecule has 1 fully saturated rings. The summed E-state index contributed by atoms with van der Waals surface area (Å²) in [5, 5.41) is 34.5. The Bertz CT molecular complexity index is 2130. The third kappa shape index (κ3) is 22.6. The molecular formula is C54H92N12O12. The Morgan fingerprint density at radius 2 is 0.872 bits per heavy atom. The highest BCUT2D eigenvalue weighted by atomic mass is 16.5. The molecule has 0 spiro atoms. The zero-order valence-electron chi connectivity index (χ0n) is 47.4. The predicted octanol–water partition coefficient (Wildman–Crippen LogP) is -1.21. The molecule has 16 N–H and O–H groups in total. The Labute approximate surface area is 459 Å². The van der Waals surface area contributed by atoms with Gasteiger partial charge >= 0.3 is 5.97 Å². The molecule has 0 radical (unpaired) electrons. The standard InChI is InChI=1S/C54H92N12O12/c1-11-32(9)42-27-43(68)58-35(18-21-55)47(70)66-45(33(10)12-2)53(76)60-36(19-22-56)46(69)62-40(26-34-16-14-13-15-17-34)51(74)61-38(24-29(3)4)49(72)59-37(20-23-57)48(71)65-44(31(7)8)52(75)63-39(25-30(5)6)50(73)64-41(28-67)54(77)78-42/h13-17,29-33,35-42,44-45,67H,11-12,18-28,55-57H2,1-10H3,(H,58,68)(H,59,72)(H,60,76)(H,61,74)(H,62,69)(H,63,75)(H,64,73)(H,65,71)(H,66,70)/t32-,33+,35+,36-,37+,38+,39-,40+,41+,42+,44-,45-/m1/s1. The molecule has 1 aromatic rings. The van der Waals surface area contributed by atoms with Crippen LogP contribution in [-0.4, -0.2) is 151 Å². The number of benzene rings is 1. The van der Waals surface area contributed by atoms with E-state index in [1.807, 2.05) is 13.8 Å². The number of aliphatic hydroxyl groups is 1. The van der Waals surface area contributed by atoms with Crippen LogP contribution in [0.5, 0.6) is 0 Å². The second-order valence-electron chi connectivity index (χ2n) is 21.5. The van der Waals surface area contributed by atoms with E-state index in [4.69, 9.17) is 21.9 Å². The van der Waals surface area contributed by atoms with E-state index in [2.05, 4.69) is 47.9 Å². The zero-order chi connectivity index (χ0) is 58.8. The lowest BCUT2D eigenvalue weighted by Crippen LogP contribution is -2.61. The number of nitrogens with one attached hydrogen (secondary N) is 9. The zero-order valence-corrected chi connectivity index (χ0v) is 47.4. The maximum Gasteiger partial charge on any atom is 0.331 e. The summed E-state index contributed by atoms with van der Waals surface area (Å²) >= 11 is 0. The van der Waals surface area contributed by atoms with Crippen LogP contribution in [0.15, 0.2) is 30.3 Å². The number of aliphatic hydroxyl groups excluding tert-OH is 1. The molecule has 0 saturated carbocycles. The van der Waals surface area contributed by atoms with Gasteiger partial charge in [0.25, 0.3) is 0 Å². The van der Waals surface area contributed by atoms with Gasteiger partial charge in [-0.05, 0) is 86.9 Å². The fraction of sp³-hybridized carbons (Fsp3) is 0.704. The summed E-state index contributed by atoms with van der Waals surface area (Å²) in [7, 11) is 0. The SMILES string of the molecule is CC[C@@H](C)[C@@H]1CC(=O)N[C@@H](CCN)C(=O)N[C@H]([C@@H](C)CC)C(=O)N[C@H](CCN)C(=O)N[C@@H](Cc2ccccc2)C(=O)N[C@@H](CC(C)C)C(=O)N[C@@H](CCN)C(=O)N[C@H](C(C)C)C(=O)N[C@H](CC(C)C)C(=O)N[C@@H](CO)C(=O)O1. The second kappa shape index (κ2) is 34.6. The van der Waals surface area contributed by atoms with E-state index in [0.717, 1.165) is 0 Å². The first-order valence-electron chi connectivity index (χ1n) is 27.5. The van der Waals surface area contributed by atoms with Crippen LogP contribution in [0, 0.1) is 29.6 Å². The molecule has 1 aliphatic rings. The molecule has 9 amide bonds. The van der Waals surface area contributed by atoms with Gasteiger partial charge in [-0.2, -0.15) is 0 Å². The van der Waals surface area contributed by atoms with E-state index >= 15 is 0 Å². The van der Waals surface area contributed by atoms with Crippen molar-refractivity contribution < 1.29 is 57.8 Å². The van der Waals surface area contributed by atoms with Gasteiger partial charge in [0, 0.05) is 6.42 Å². The minimum atomic E-state index is -1.65. The molecule has 1 aromatic carbocycles. The number of nitrogens with two attached hydrogens (primary N) is 3. The van der Waals surface area contributed by atoms with Crippen LogP contribution in [0.3, 0.4) is 0 Å². The van der Waals surface area contributed by atoms with Crippen molar-refractivity contribution in [1.29, 1.82) is 0 Å². The smallest absolute Gasteiger partial charge is 0.331 e. The highest BCUT2D eigenvalue weighted by molar-refractivity contribution is 5.98. The van der Waals surface area contributed by atoms with E-state index in [-0.39, 0.29) is 70.0 Å². The third-order valence-electron chi connectivity index (χ3n) is 13.6. The molecule has 1 aliphatic heterocycles. The van der Waals surface area contributed by atoms with Crippen molar-refractivity contribution in [3.05, 3.63) is 35.9 Å². The maximum atomic E-state index is 14.5. The first-order valence-corrected chi connectivity index (χ1v) is 27.5. The molecule has 1 saturated heterocycles. The summed E-state index contributed by atoms with van der Waals surface area (Å²) in [5.74, 6) is -10.1. The van der Waals surface area contributed by atoms with E-state index in [1.165, 1.54) is 0 Å². The van der Waals surface area contributed by atoms with Gasteiger partial charge in [-0.15, -0.1) is 0 Å². The highest BCUT2D eigenvalue weighted by Gasteiger charge is 2.38.